The number of aliphatic hydroxyl groups is 3. The maximum atomic E-state index is 16.2. The molecule has 0 unspecified atom stereocenters. The fourth-order valence-electron chi connectivity index (χ4n) is 14.0. The number of rotatable bonds is 10. The second-order valence-electron chi connectivity index (χ2n) is 22.8. The summed E-state index contributed by atoms with van der Waals surface area (Å²) in [7, 11) is 0. The molecule has 7 atom stereocenters. The average Bonchev–Trinajstić information content (AvgIpc) is 4.29. The minimum Gasteiger partial charge on any atom is -0.507 e. The van der Waals surface area contributed by atoms with E-state index in [9.17, 15) is 25.5 Å². The number of carbonyl (C=O) groups is 2. The van der Waals surface area contributed by atoms with Gasteiger partial charge >= 0.3 is 0 Å². The molecule has 0 radical (unpaired) electrons. The molecule has 1 spiro atoms. The molecule has 2 fully saturated rings. The molecule has 2 aromatic heterocycles. The van der Waals surface area contributed by atoms with Crippen LogP contribution in [-0.4, -0.2) is 90.6 Å². The van der Waals surface area contributed by atoms with Crippen molar-refractivity contribution in [3.05, 3.63) is 140 Å². The molecule has 12 nitrogen and oxygen atoms in total. The van der Waals surface area contributed by atoms with Gasteiger partial charge in [0.1, 0.15) is 23.4 Å². The average molecular weight is 1030 g/mol. The van der Waals surface area contributed by atoms with Gasteiger partial charge in [0.25, 0.3) is 0 Å². The summed E-state index contributed by atoms with van der Waals surface area (Å²) in [5.41, 5.74) is 7.36. The van der Waals surface area contributed by atoms with Gasteiger partial charge in [-0.05, 0) is 158 Å². The van der Waals surface area contributed by atoms with E-state index in [0.717, 1.165) is 115 Å². The monoisotopic (exact) mass is 1030 g/mol. The molecule has 4 aliphatic carbocycles. The Kier molecular flexibility index (Phi) is 14.9. The first-order valence-corrected chi connectivity index (χ1v) is 28.2. The second kappa shape index (κ2) is 21.9. The summed E-state index contributed by atoms with van der Waals surface area (Å²) in [6.07, 6.45) is 18.7. The van der Waals surface area contributed by atoms with Gasteiger partial charge in [0.05, 0.1) is 29.6 Å². The van der Waals surface area contributed by atoms with Crippen LogP contribution >= 0.6 is 0 Å². The van der Waals surface area contributed by atoms with Crippen LogP contribution < -0.4 is 15.4 Å². The Morgan fingerprint density at radius 1 is 0.842 bits per heavy atom. The Balaban J connectivity index is 1.11. The molecule has 6 aliphatic rings. The Morgan fingerprint density at radius 3 is 2.47 bits per heavy atom. The number of aromatic nitrogens is 2. The number of phenolic OH excluding ortho intramolecular Hbond substituents is 2. The lowest BCUT2D eigenvalue weighted by atomic mass is 9.65. The van der Waals surface area contributed by atoms with Crippen molar-refractivity contribution < 1.29 is 39.9 Å². The Hall–Kier alpha value is -6.36. The van der Waals surface area contributed by atoms with Gasteiger partial charge < -0.3 is 50.9 Å². The lowest BCUT2D eigenvalue weighted by Crippen LogP contribution is -2.46. The van der Waals surface area contributed by atoms with E-state index in [-0.39, 0.29) is 54.9 Å². The van der Waals surface area contributed by atoms with E-state index in [2.05, 4.69) is 63.6 Å². The fourth-order valence-corrected chi connectivity index (χ4v) is 14.0. The zero-order valence-electron chi connectivity index (χ0n) is 43.8. The van der Waals surface area contributed by atoms with Crippen LogP contribution in [0.15, 0.2) is 84.7 Å². The van der Waals surface area contributed by atoms with Crippen molar-refractivity contribution in [2.24, 2.45) is 17.8 Å². The van der Waals surface area contributed by atoms with E-state index in [1.165, 1.54) is 0 Å². The number of ketones is 2. The Bertz CT molecular complexity index is 3090. The van der Waals surface area contributed by atoms with E-state index < -0.39 is 53.4 Å². The van der Waals surface area contributed by atoms with Gasteiger partial charge in [-0.3, -0.25) is 9.59 Å². The van der Waals surface area contributed by atoms with Crippen LogP contribution in [0.3, 0.4) is 0 Å². The van der Waals surface area contributed by atoms with Crippen LogP contribution in [-0.2, 0) is 40.7 Å². The largest absolute Gasteiger partial charge is 0.507 e. The van der Waals surface area contributed by atoms with Crippen molar-refractivity contribution in [2.45, 2.75) is 151 Å². The van der Waals surface area contributed by atoms with E-state index in [1.54, 1.807) is 24.3 Å². The van der Waals surface area contributed by atoms with Crippen LogP contribution in [0.1, 0.15) is 152 Å². The number of anilines is 1. The van der Waals surface area contributed by atoms with Crippen molar-refractivity contribution >= 4 is 29.5 Å². The number of benzene rings is 3. The first kappa shape index (κ1) is 51.7. The van der Waals surface area contributed by atoms with Gasteiger partial charge in [-0.1, -0.05) is 80.2 Å². The van der Waals surface area contributed by atoms with E-state index in [4.69, 9.17) is 4.74 Å². The lowest BCUT2D eigenvalue weighted by molar-refractivity contribution is -0.135. The highest BCUT2D eigenvalue weighted by atomic mass is 16.5. The van der Waals surface area contributed by atoms with Crippen molar-refractivity contribution in [1.82, 2.24) is 15.3 Å². The molecular weight excluding hydrogens is 953 g/mol. The maximum Gasteiger partial charge on any atom is 0.161 e. The van der Waals surface area contributed by atoms with Gasteiger partial charge in [-0.15, -0.1) is 0 Å². The molecule has 3 aromatic carbocycles. The van der Waals surface area contributed by atoms with Crippen molar-refractivity contribution in [2.75, 3.05) is 25.0 Å². The predicted octanol–water partition coefficient (Wildman–Crippen LogP) is 9.50. The first-order chi connectivity index (χ1) is 36.9. The van der Waals surface area contributed by atoms with E-state index in [1.807, 2.05) is 42.7 Å². The number of nitrogens with one attached hydrogen (secondary N) is 4. The SMILES string of the molecule is CCCNC[C@@H]1C#C[C@@H]2Nc3[nH]ccc3Cc3cc(ccc3C3(CCCC3)[C@@H]1O)Cc1cc(cc(OC3CCCC3)c1O)CCC(=O)[C@H](CCO)C(=O)[C@@H]1C2=Cc2[nH]ccc2[C@@H]1C[C@]1(O)C=Cc2c(O)cccc2CC1. The van der Waals surface area contributed by atoms with E-state index >= 15 is 9.59 Å². The first-order valence-electron chi connectivity index (χ1n) is 28.2. The normalized spacial score (nSPS) is 26.2. The molecule has 5 aromatic rings. The van der Waals surface area contributed by atoms with Crippen LogP contribution in [0.5, 0.6) is 17.2 Å². The third-order valence-electron chi connectivity index (χ3n) is 17.9. The number of carbonyl (C=O) groups excluding carboxylic acids is 2. The number of aryl methyl sites for hydroxylation is 2. The van der Waals surface area contributed by atoms with Crippen molar-refractivity contribution in [3.8, 4) is 29.1 Å². The number of fused-ring (bicyclic) bond motifs is 9. The number of hydrogen-bond acceptors (Lipinski definition) is 10. The molecule has 11 rings (SSSR count). The highest BCUT2D eigenvalue weighted by Crippen LogP contribution is 2.51. The number of aliphatic hydroxyl groups excluding tert-OH is 2. The third-order valence-corrected chi connectivity index (χ3v) is 17.9. The molecule has 5 bridgehead atoms. The Morgan fingerprint density at radius 2 is 1.66 bits per heavy atom. The number of aromatic hydroxyl groups is 2. The topological polar surface area (TPSA) is 200 Å². The zero-order chi connectivity index (χ0) is 52.6. The van der Waals surface area contributed by atoms with Gasteiger partial charge in [0, 0.05) is 78.9 Å². The zero-order valence-corrected chi connectivity index (χ0v) is 43.8. The summed E-state index contributed by atoms with van der Waals surface area (Å²) in [6.45, 7) is 2.90. The molecule has 2 saturated carbocycles. The second-order valence-corrected chi connectivity index (χ2v) is 22.8. The molecule has 4 heterocycles. The maximum absolute atomic E-state index is 16.2. The smallest absolute Gasteiger partial charge is 0.161 e. The number of H-pyrrole nitrogens is 2. The molecule has 76 heavy (non-hydrogen) atoms. The number of aromatic amines is 2. The van der Waals surface area contributed by atoms with Crippen LogP contribution in [0.25, 0.3) is 12.2 Å². The summed E-state index contributed by atoms with van der Waals surface area (Å²) < 4.78 is 6.57. The van der Waals surface area contributed by atoms with Crippen LogP contribution in [0.4, 0.5) is 5.82 Å². The van der Waals surface area contributed by atoms with E-state index in [0.29, 0.717) is 54.7 Å². The minimum absolute atomic E-state index is 0.00231. The number of Topliss-reactive ketones (excluding diaryl/α,β-unsaturated/α-hetero) is 2. The van der Waals surface area contributed by atoms with Crippen LogP contribution in [0.2, 0.25) is 0 Å². The molecule has 398 valence electrons. The minimum atomic E-state index is -1.44. The van der Waals surface area contributed by atoms with Crippen LogP contribution in [0, 0.1) is 29.6 Å². The van der Waals surface area contributed by atoms with Gasteiger partial charge in [0.2, 0.25) is 0 Å². The molecule has 0 saturated heterocycles. The van der Waals surface area contributed by atoms with Gasteiger partial charge in [0.15, 0.2) is 17.3 Å². The highest BCUT2D eigenvalue weighted by molar-refractivity contribution is 6.05. The Labute approximate surface area is 446 Å². The van der Waals surface area contributed by atoms with Crippen molar-refractivity contribution in [3.63, 3.8) is 0 Å². The number of phenols is 2. The van der Waals surface area contributed by atoms with Gasteiger partial charge in [-0.2, -0.15) is 0 Å². The summed E-state index contributed by atoms with van der Waals surface area (Å²) in [6, 6.07) is 19.0. The molecular formula is C64H74N4O8. The molecule has 0 amide bonds. The fraction of sp³-hybridized carbons (Fsp3) is 0.469. The highest BCUT2D eigenvalue weighted by Gasteiger charge is 2.49. The quantitative estimate of drug-likeness (QED) is 0.0369. The molecule has 12 heteroatoms. The number of hydrogen-bond donors (Lipinski definition) is 9. The molecule has 9 N–H and O–H groups in total. The summed E-state index contributed by atoms with van der Waals surface area (Å²) in [4.78, 5) is 38.2. The molecule has 2 aliphatic heterocycles. The summed E-state index contributed by atoms with van der Waals surface area (Å²) >= 11 is 0. The summed E-state index contributed by atoms with van der Waals surface area (Å²) in [5.74, 6) is 4.58. The lowest BCUT2D eigenvalue weighted by Gasteiger charge is -2.40. The third kappa shape index (κ3) is 10.2. The van der Waals surface area contributed by atoms with Gasteiger partial charge in [-0.25, -0.2) is 0 Å². The number of ether oxygens (including phenoxy) is 1. The van der Waals surface area contributed by atoms with Crippen molar-refractivity contribution in [1.29, 1.82) is 0 Å². The summed E-state index contributed by atoms with van der Waals surface area (Å²) in [5, 5.41) is 67.3. The standard InChI is InChI=1S/C64H74N4O8/c1-2-27-65-38-43-14-16-53-50-36-54-48(21-29-66-54)51(37-63(75)25-18-41-8-7-11-55(70)47(41)19-26-63)58(50)60(73)49(22-30-69)56(71)17-13-40-33-45(59(72)57(34-40)76-46-9-3-4-10-46)32-39-12-15-52(64(61(43)74)23-5-6-24-64)44(31-39)35-42-20-28-67-62(42)68-53/h7-8,11-12,15,19-21,26,28-29,31,33-34,36,43,46,49,51,53,58,61,65-70,72,74-75H,2-6,9-10,13,17-18,22-25,27,30,32,35,37-38H2,1H3/t43-,49-,51-,53-,58+,61+,63+/m0/s1. The predicted molar refractivity (Wildman–Crippen MR) is 295 cm³/mol.